The van der Waals surface area contributed by atoms with Gasteiger partial charge in [0.2, 0.25) is 10.0 Å². The van der Waals surface area contributed by atoms with Crippen LogP contribution in [0.1, 0.15) is 33.1 Å². The van der Waals surface area contributed by atoms with Crippen LogP contribution < -0.4 is 5.32 Å². The van der Waals surface area contributed by atoms with Gasteiger partial charge in [-0.3, -0.25) is 0 Å². The van der Waals surface area contributed by atoms with Gasteiger partial charge in [0.1, 0.15) is 0 Å². The normalized spacial score (nSPS) is 20.8. The molecular formula is C16H26N2O2S. The third-order valence-corrected chi connectivity index (χ3v) is 5.82. The molecule has 0 spiro atoms. The van der Waals surface area contributed by atoms with Crippen molar-refractivity contribution < 1.29 is 8.42 Å². The van der Waals surface area contributed by atoms with Crippen molar-refractivity contribution in [3.05, 3.63) is 30.3 Å². The van der Waals surface area contributed by atoms with Crippen molar-refractivity contribution in [2.45, 2.75) is 44.0 Å². The molecule has 1 aliphatic rings. The van der Waals surface area contributed by atoms with Gasteiger partial charge in [-0.05, 0) is 37.4 Å². The molecule has 1 heterocycles. The predicted molar refractivity (Wildman–Crippen MR) is 85.7 cm³/mol. The Bertz CT molecular complexity index is 528. The summed E-state index contributed by atoms with van der Waals surface area (Å²) in [5.74, 6) is 0.577. The molecule has 1 fully saturated rings. The number of benzene rings is 1. The zero-order chi connectivity index (χ0) is 15.3. The Labute approximate surface area is 128 Å². The van der Waals surface area contributed by atoms with Gasteiger partial charge in [0.05, 0.1) is 4.90 Å². The van der Waals surface area contributed by atoms with Crippen LogP contribution >= 0.6 is 0 Å². The molecule has 1 aromatic rings. The average molecular weight is 310 g/mol. The number of hydrogen-bond donors (Lipinski definition) is 1. The minimum atomic E-state index is -3.37. The summed E-state index contributed by atoms with van der Waals surface area (Å²) < 4.78 is 27.3. The predicted octanol–water partition coefficient (Wildman–Crippen LogP) is 2.48. The standard InChI is InChI=1S/C16H26N2O2S/c1-14(2)12-17-13-15-8-6-7-11-18(15)21(19,20)16-9-4-3-5-10-16/h3-5,9-10,14-15,17H,6-8,11-13H2,1-2H3. The molecule has 1 aliphatic heterocycles. The van der Waals surface area contributed by atoms with Crippen LogP contribution in [0.5, 0.6) is 0 Å². The van der Waals surface area contributed by atoms with Crippen LogP contribution in [0.3, 0.4) is 0 Å². The van der Waals surface area contributed by atoms with Crippen molar-refractivity contribution in [1.29, 1.82) is 0 Å². The highest BCUT2D eigenvalue weighted by molar-refractivity contribution is 7.89. The van der Waals surface area contributed by atoms with E-state index in [4.69, 9.17) is 0 Å². The first-order chi connectivity index (χ1) is 10.0. The lowest BCUT2D eigenvalue weighted by Gasteiger charge is -2.35. The maximum Gasteiger partial charge on any atom is 0.243 e. The van der Waals surface area contributed by atoms with Crippen molar-refractivity contribution >= 4 is 10.0 Å². The first-order valence-electron chi connectivity index (χ1n) is 7.79. The van der Waals surface area contributed by atoms with Gasteiger partial charge in [-0.15, -0.1) is 0 Å². The van der Waals surface area contributed by atoms with Crippen LogP contribution in [0.4, 0.5) is 0 Å². The van der Waals surface area contributed by atoms with E-state index in [2.05, 4.69) is 19.2 Å². The van der Waals surface area contributed by atoms with Gasteiger partial charge >= 0.3 is 0 Å². The fourth-order valence-electron chi connectivity index (χ4n) is 2.76. The Morgan fingerprint density at radius 1 is 1.24 bits per heavy atom. The highest BCUT2D eigenvalue weighted by Gasteiger charge is 2.32. The molecule has 0 saturated carbocycles. The lowest BCUT2D eigenvalue weighted by molar-refractivity contribution is 0.244. The first-order valence-corrected chi connectivity index (χ1v) is 9.23. The minimum absolute atomic E-state index is 0.0720. The molecule has 1 atom stereocenters. The van der Waals surface area contributed by atoms with Crippen molar-refractivity contribution in [3.63, 3.8) is 0 Å². The zero-order valence-electron chi connectivity index (χ0n) is 13.0. The van der Waals surface area contributed by atoms with Crippen LogP contribution in [0.2, 0.25) is 0 Å². The van der Waals surface area contributed by atoms with E-state index in [1.54, 1.807) is 28.6 Å². The maximum atomic E-state index is 12.8. The monoisotopic (exact) mass is 310 g/mol. The summed E-state index contributed by atoms with van der Waals surface area (Å²) in [4.78, 5) is 0.403. The molecule has 1 saturated heterocycles. The third kappa shape index (κ3) is 4.28. The zero-order valence-corrected chi connectivity index (χ0v) is 13.8. The number of nitrogens with zero attached hydrogens (tertiary/aromatic N) is 1. The van der Waals surface area contributed by atoms with Gasteiger partial charge in [-0.1, -0.05) is 38.5 Å². The van der Waals surface area contributed by atoms with Crippen molar-refractivity contribution in [2.24, 2.45) is 5.92 Å². The fourth-order valence-corrected chi connectivity index (χ4v) is 4.47. The second-order valence-corrected chi connectivity index (χ2v) is 8.02. The van der Waals surface area contributed by atoms with Crippen molar-refractivity contribution in [2.75, 3.05) is 19.6 Å². The number of rotatable bonds is 6. The molecule has 1 unspecified atom stereocenters. The molecule has 0 bridgehead atoms. The highest BCUT2D eigenvalue weighted by atomic mass is 32.2. The van der Waals surface area contributed by atoms with E-state index in [9.17, 15) is 8.42 Å². The summed E-state index contributed by atoms with van der Waals surface area (Å²) in [6, 6.07) is 8.84. The second-order valence-electron chi connectivity index (χ2n) is 6.13. The molecule has 0 radical (unpaired) electrons. The molecule has 5 heteroatoms. The summed E-state index contributed by atoms with van der Waals surface area (Å²) in [5, 5.41) is 3.40. The number of sulfonamides is 1. The van der Waals surface area contributed by atoms with Gasteiger partial charge < -0.3 is 5.32 Å². The number of hydrogen-bond acceptors (Lipinski definition) is 3. The van der Waals surface area contributed by atoms with Crippen LogP contribution in [-0.2, 0) is 10.0 Å². The van der Waals surface area contributed by atoms with Crippen LogP contribution in [0, 0.1) is 5.92 Å². The molecule has 118 valence electrons. The van der Waals surface area contributed by atoms with Crippen molar-refractivity contribution in [1.82, 2.24) is 9.62 Å². The van der Waals surface area contributed by atoms with E-state index in [0.29, 0.717) is 17.4 Å². The molecular weight excluding hydrogens is 284 g/mol. The Hall–Kier alpha value is -0.910. The maximum absolute atomic E-state index is 12.8. The van der Waals surface area contributed by atoms with E-state index in [0.717, 1.165) is 32.4 Å². The van der Waals surface area contributed by atoms with E-state index >= 15 is 0 Å². The summed E-state index contributed by atoms with van der Waals surface area (Å²) in [5.41, 5.74) is 0. The van der Waals surface area contributed by atoms with Crippen molar-refractivity contribution in [3.8, 4) is 0 Å². The molecule has 0 amide bonds. The van der Waals surface area contributed by atoms with Crippen LogP contribution in [0.15, 0.2) is 35.2 Å². The Kier molecular flexibility index (Phi) is 5.79. The SMILES string of the molecule is CC(C)CNCC1CCCCN1S(=O)(=O)c1ccccc1. The first kappa shape index (κ1) is 16.5. The topological polar surface area (TPSA) is 49.4 Å². The Morgan fingerprint density at radius 3 is 2.62 bits per heavy atom. The summed E-state index contributed by atoms with van der Waals surface area (Å²) >= 11 is 0. The van der Waals surface area contributed by atoms with Gasteiger partial charge in [-0.25, -0.2) is 8.42 Å². The second kappa shape index (κ2) is 7.38. The minimum Gasteiger partial charge on any atom is -0.315 e. The molecule has 21 heavy (non-hydrogen) atoms. The smallest absolute Gasteiger partial charge is 0.243 e. The Balaban J connectivity index is 2.11. The summed E-state index contributed by atoms with van der Waals surface area (Å²) in [7, 11) is -3.37. The third-order valence-electron chi connectivity index (χ3n) is 3.86. The lowest BCUT2D eigenvalue weighted by atomic mass is 10.0. The van der Waals surface area contributed by atoms with Gasteiger partial charge in [-0.2, -0.15) is 4.31 Å². The number of piperidine rings is 1. The van der Waals surface area contributed by atoms with Crippen LogP contribution in [0.25, 0.3) is 0 Å². The molecule has 4 nitrogen and oxygen atoms in total. The summed E-state index contributed by atoms with van der Waals surface area (Å²) in [6.07, 6.45) is 3.00. The Morgan fingerprint density at radius 2 is 1.95 bits per heavy atom. The highest BCUT2D eigenvalue weighted by Crippen LogP contribution is 2.24. The van der Waals surface area contributed by atoms with Crippen LogP contribution in [-0.4, -0.2) is 38.4 Å². The quantitative estimate of drug-likeness (QED) is 0.878. The lowest BCUT2D eigenvalue weighted by Crippen LogP contribution is -2.48. The van der Waals surface area contributed by atoms with Gasteiger partial charge in [0.15, 0.2) is 0 Å². The van der Waals surface area contributed by atoms with Gasteiger partial charge in [0.25, 0.3) is 0 Å². The summed E-state index contributed by atoms with van der Waals surface area (Å²) in [6.45, 7) is 6.62. The molecule has 1 N–H and O–H groups in total. The van der Waals surface area contributed by atoms with E-state index in [1.165, 1.54) is 0 Å². The van der Waals surface area contributed by atoms with E-state index in [1.807, 2.05) is 6.07 Å². The largest absolute Gasteiger partial charge is 0.315 e. The average Bonchev–Trinajstić information content (AvgIpc) is 2.48. The fraction of sp³-hybridized carbons (Fsp3) is 0.625. The van der Waals surface area contributed by atoms with E-state index < -0.39 is 10.0 Å². The van der Waals surface area contributed by atoms with Gasteiger partial charge in [0, 0.05) is 19.1 Å². The van der Waals surface area contributed by atoms with E-state index in [-0.39, 0.29) is 6.04 Å². The molecule has 1 aromatic carbocycles. The molecule has 0 aromatic heterocycles. The number of nitrogens with one attached hydrogen (secondary N) is 1. The molecule has 0 aliphatic carbocycles. The molecule has 2 rings (SSSR count).